The summed E-state index contributed by atoms with van der Waals surface area (Å²) in [5.74, 6) is -1.29. The first-order valence-corrected chi connectivity index (χ1v) is 6.25. The Morgan fingerprint density at radius 1 is 1.38 bits per heavy atom. The monoisotopic (exact) mass is 286 g/mol. The Labute approximate surface area is 121 Å². The van der Waals surface area contributed by atoms with Gasteiger partial charge >= 0.3 is 5.97 Å². The van der Waals surface area contributed by atoms with Crippen molar-refractivity contribution in [3.8, 4) is 0 Å². The molecule has 0 atom stereocenters. The van der Waals surface area contributed by atoms with Crippen LogP contribution >= 0.6 is 0 Å². The van der Waals surface area contributed by atoms with Crippen LogP contribution in [0.15, 0.2) is 41.1 Å². The van der Waals surface area contributed by atoms with E-state index in [4.69, 9.17) is 5.11 Å². The zero-order valence-corrected chi connectivity index (χ0v) is 11.4. The predicted octanol–water partition coefficient (Wildman–Crippen LogP) is 2.01. The van der Waals surface area contributed by atoms with Crippen LogP contribution in [0.25, 0.3) is 6.08 Å². The molecule has 0 fully saturated rings. The maximum Gasteiger partial charge on any atom is 0.328 e. The highest BCUT2D eigenvalue weighted by Crippen LogP contribution is 2.12. The van der Waals surface area contributed by atoms with E-state index in [2.05, 4.69) is 15.0 Å². The molecule has 0 aliphatic carbocycles. The number of aromatic nitrogens is 1. The lowest BCUT2D eigenvalue weighted by atomic mass is 10.1. The van der Waals surface area contributed by atoms with Crippen molar-refractivity contribution in [2.24, 2.45) is 0 Å². The molecule has 1 aromatic heterocycles. The van der Waals surface area contributed by atoms with E-state index in [1.807, 2.05) is 6.92 Å². The molecule has 1 amide bonds. The number of carboxylic acids is 1. The lowest BCUT2D eigenvalue weighted by molar-refractivity contribution is -0.131. The zero-order chi connectivity index (χ0) is 15.2. The normalized spacial score (nSPS) is 10.7. The van der Waals surface area contributed by atoms with Crippen LogP contribution in [-0.4, -0.2) is 22.1 Å². The average Bonchev–Trinajstić information content (AvgIpc) is 2.95. The molecule has 108 valence electrons. The van der Waals surface area contributed by atoms with Crippen molar-refractivity contribution in [2.45, 2.75) is 13.5 Å². The third-order valence-electron chi connectivity index (χ3n) is 2.70. The third kappa shape index (κ3) is 4.31. The van der Waals surface area contributed by atoms with Crippen molar-refractivity contribution < 1.29 is 19.2 Å². The van der Waals surface area contributed by atoms with Gasteiger partial charge in [-0.1, -0.05) is 11.2 Å². The van der Waals surface area contributed by atoms with E-state index in [0.717, 1.165) is 11.6 Å². The van der Waals surface area contributed by atoms with E-state index in [9.17, 15) is 9.59 Å². The number of amides is 1. The van der Waals surface area contributed by atoms with E-state index in [1.54, 1.807) is 24.3 Å². The summed E-state index contributed by atoms with van der Waals surface area (Å²) in [6.45, 7) is 2.11. The van der Waals surface area contributed by atoms with Gasteiger partial charge in [-0.25, -0.2) is 4.79 Å². The van der Waals surface area contributed by atoms with Crippen LogP contribution in [0.5, 0.6) is 0 Å². The van der Waals surface area contributed by atoms with Gasteiger partial charge in [-0.15, -0.1) is 0 Å². The van der Waals surface area contributed by atoms with Crippen molar-refractivity contribution in [1.82, 2.24) is 10.5 Å². The van der Waals surface area contributed by atoms with Crippen LogP contribution in [0, 0.1) is 6.92 Å². The number of hydrogen-bond acceptors (Lipinski definition) is 4. The number of hydrogen-bond donors (Lipinski definition) is 2. The average molecular weight is 286 g/mol. The highest BCUT2D eigenvalue weighted by Gasteiger charge is 2.08. The van der Waals surface area contributed by atoms with Gasteiger partial charge in [0.1, 0.15) is 12.0 Å². The molecule has 0 saturated carbocycles. The molecule has 0 saturated heterocycles. The summed E-state index contributed by atoms with van der Waals surface area (Å²) in [6, 6.07) is 6.83. The maximum atomic E-state index is 12.1. The standard InChI is InChI=1S/C15H14N2O4/c1-10-6-11(2-3-14(18)19)8-12(7-10)15(20)16-9-13-4-5-21-17-13/h2-8H,9H2,1H3,(H,16,20)(H,18,19)/b3-2+. The van der Waals surface area contributed by atoms with Crippen LogP contribution in [0.2, 0.25) is 0 Å². The summed E-state index contributed by atoms with van der Waals surface area (Å²) in [5, 5.41) is 15.0. The number of nitrogens with zero attached hydrogens (tertiary/aromatic N) is 1. The molecule has 0 aliphatic heterocycles. The predicted molar refractivity (Wildman–Crippen MR) is 75.5 cm³/mol. The van der Waals surface area contributed by atoms with Gasteiger partial charge in [-0.3, -0.25) is 4.79 Å². The van der Waals surface area contributed by atoms with Crippen LogP contribution in [-0.2, 0) is 11.3 Å². The van der Waals surface area contributed by atoms with Crippen LogP contribution < -0.4 is 5.32 Å². The third-order valence-corrected chi connectivity index (χ3v) is 2.70. The molecule has 2 rings (SSSR count). The van der Waals surface area contributed by atoms with Crippen molar-refractivity contribution in [3.63, 3.8) is 0 Å². The number of carbonyl (C=O) groups is 2. The topological polar surface area (TPSA) is 92.4 Å². The minimum atomic E-state index is -1.03. The van der Waals surface area contributed by atoms with Gasteiger partial charge in [-0.2, -0.15) is 0 Å². The minimum Gasteiger partial charge on any atom is -0.478 e. The molecule has 0 bridgehead atoms. The van der Waals surface area contributed by atoms with Gasteiger partial charge in [0.2, 0.25) is 0 Å². The van der Waals surface area contributed by atoms with E-state index in [0.29, 0.717) is 16.8 Å². The Bertz CT molecular complexity index is 675. The summed E-state index contributed by atoms with van der Waals surface area (Å²) < 4.78 is 4.68. The Hall–Kier alpha value is -2.89. The highest BCUT2D eigenvalue weighted by atomic mass is 16.5. The molecular formula is C15H14N2O4. The van der Waals surface area contributed by atoms with E-state index in [1.165, 1.54) is 12.3 Å². The molecule has 21 heavy (non-hydrogen) atoms. The van der Waals surface area contributed by atoms with Gasteiger partial charge in [-0.05, 0) is 36.3 Å². The van der Waals surface area contributed by atoms with E-state index in [-0.39, 0.29) is 12.5 Å². The second-order valence-corrected chi connectivity index (χ2v) is 4.48. The number of benzene rings is 1. The van der Waals surface area contributed by atoms with Gasteiger partial charge in [0.05, 0.1) is 6.54 Å². The van der Waals surface area contributed by atoms with Gasteiger partial charge < -0.3 is 14.9 Å². The zero-order valence-electron chi connectivity index (χ0n) is 11.4. The first kappa shape index (κ1) is 14.5. The SMILES string of the molecule is Cc1cc(/C=C/C(=O)O)cc(C(=O)NCc2ccon2)c1. The minimum absolute atomic E-state index is 0.258. The molecule has 2 aromatic rings. The molecule has 2 N–H and O–H groups in total. The molecule has 1 aromatic carbocycles. The van der Waals surface area contributed by atoms with E-state index < -0.39 is 5.97 Å². The molecule has 0 aliphatic rings. The molecule has 6 heteroatoms. The number of aryl methyl sites for hydroxylation is 1. The van der Waals surface area contributed by atoms with Crippen LogP contribution in [0.1, 0.15) is 27.2 Å². The number of rotatable bonds is 5. The molecular weight excluding hydrogens is 272 g/mol. The van der Waals surface area contributed by atoms with Gasteiger partial charge in [0.25, 0.3) is 5.91 Å². The van der Waals surface area contributed by atoms with Crippen LogP contribution in [0.4, 0.5) is 0 Å². The summed E-state index contributed by atoms with van der Waals surface area (Å²) in [6.07, 6.45) is 3.92. The smallest absolute Gasteiger partial charge is 0.328 e. The number of nitrogens with one attached hydrogen (secondary N) is 1. The van der Waals surface area contributed by atoms with Crippen molar-refractivity contribution in [3.05, 3.63) is 59.0 Å². The van der Waals surface area contributed by atoms with Gasteiger partial charge in [0, 0.05) is 17.7 Å². The fraction of sp³-hybridized carbons (Fsp3) is 0.133. The summed E-state index contributed by atoms with van der Waals surface area (Å²) >= 11 is 0. The lowest BCUT2D eigenvalue weighted by Gasteiger charge is -2.06. The number of aliphatic carboxylic acids is 1. The lowest BCUT2D eigenvalue weighted by Crippen LogP contribution is -2.23. The highest BCUT2D eigenvalue weighted by molar-refractivity contribution is 5.95. The Morgan fingerprint density at radius 3 is 2.86 bits per heavy atom. The second-order valence-electron chi connectivity index (χ2n) is 4.48. The van der Waals surface area contributed by atoms with E-state index >= 15 is 0 Å². The molecule has 1 heterocycles. The maximum absolute atomic E-state index is 12.1. The molecule has 6 nitrogen and oxygen atoms in total. The van der Waals surface area contributed by atoms with Crippen molar-refractivity contribution in [1.29, 1.82) is 0 Å². The number of carbonyl (C=O) groups excluding carboxylic acids is 1. The van der Waals surface area contributed by atoms with Crippen molar-refractivity contribution >= 4 is 18.0 Å². The summed E-state index contributed by atoms with van der Waals surface area (Å²) in [4.78, 5) is 22.6. The molecule has 0 radical (unpaired) electrons. The first-order chi connectivity index (χ1) is 10.0. The molecule has 0 unspecified atom stereocenters. The fourth-order valence-corrected chi connectivity index (χ4v) is 1.81. The summed E-state index contributed by atoms with van der Waals surface area (Å²) in [5.41, 5.74) is 2.61. The summed E-state index contributed by atoms with van der Waals surface area (Å²) in [7, 11) is 0. The molecule has 0 spiro atoms. The Morgan fingerprint density at radius 2 is 2.19 bits per heavy atom. The largest absolute Gasteiger partial charge is 0.478 e. The van der Waals surface area contributed by atoms with Crippen molar-refractivity contribution in [2.75, 3.05) is 0 Å². The Kier molecular flexibility index (Phi) is 4.50. The quantitative estimate of drug-likeness (QED) is 0.820. The second kappa shape index (κ2) is 6.51. The fourth-order valence-electron chi connectivity index (χ4n) is 1.81. The Balaban J connectivity index is 2.11. The first-order valence-electron chi connectivity index (χ1n) is 6.25. The van der Waals surface area contributed by atoms with Gasteiger partial charge in [0.15, 0.2) is 0 Å². The van der Waals surface area contributed by atoms with Crippen LogP contribution in [0.3, 0.4) is 0 Å². The number of carboxylic acid groups (broad SMARTS) is 1.